The molecular weight excluding hydrogens is 428 g/mol. The maximum atomic E-state index is 12.5. The number of ether oxygens (including phenoxy) is 1. The maximum absolute atomic E-state index is 12.5. The lowest BCUT2D eigenvalue weighted by Crippen LogP contribution is -2.36. The number of hydrogen-bond acceptors (Lipinski definition) is 5. The van der Waals surface area contributed by atoms with Gasteiger partial charge in [-0.15, -0.1) is 0 Å². The summed E-state index contributed by atoms with van der Waals surface area (Å²) in [4.78, 5) is 24.0. The first-order valence-corrected chi connectivity index (χ1v) is 11.2. The molecule has 0 saturated carbocycles. The number of carbonyl (C=O) groups excluding carboxylic acids is 2. The van der Waals surface area contributed by atoms with Gasteiger partial charge in [-0.25, -0.2) is 8.42 Å². The average molecular weight is 453 g/mol. The van der Waals surface area contributed by atoms with Gasteiger partial charge in [-0.05, 0) is 48.7 Å². The van der Waals surface area contributed by atoms with Gasteiger partial charge < -0.3 is 10.1 Å². The van der Waals surface area contributed by atoms with Crippen LogP contribution in [0.25, 0.3) is 0 Å². The molecule has 0 saturated heterocycles. The molecule has 1 N–H and O–H groups in total. The van der Waals surface area contributed by atoms with Crippen LogP contribution in [0.15, 0.2) is 53.4 Å². The van der Waals surface area contributed by atoms with E-state index >= 15 is 0 Å². The van der Waals surface area contributed by atoms with Gasteiger partial charge in [0, 0.05) is 12.1 Å². The lowest BCUT2D eigenvalue weighted by molar-refractivity contribution is -0.148. The molecule has 0 aromatic heterocycles. The van der Waals surface area contributed by atoms with Crippen LogP contribution in [0.3, 0.4) is 0 Å². The molecule has 0 aliphatic carbocycles. The summed E-state index contributed by atoms with van der Waals surface area (Å²) in [6.07, 6.45) is 0.930. The van der Waals surface area contributed by atoms with Gasteiger partial charge in [0.25, 0.3) is 5.91 Å². The molecule has 2 rings (SSSR count). The molecule has 30 heavy (non-hydrogen) atoms. The molecule has 9 heteroatoms. The first kappa shape index (κ1) is 23.9. The highest BCUT2D eigenvalue weighted by Gasteiger charge is 2.24. The fourth-order valence-electron chi connectivity index (χ4n) is 2.65. The summed E-state index contributed by atoms with van der Waals surface area (Å²) in [6, 6.07) is 13.2. The number of amides is 1. The van der Waals surface area contributed by atoms with Crippen molar-refractivity contribution in [3.05, 3.63) is 64.7 Å². The summed E-state index contributed by atoms with van der Waals surface area (Å²) in [5.41, 5.74) is 2.13. The molecule has 7 nitrogen and oxygen atoms in total. The lowest BCUT2D eigenvalue weighted by Gasteiger charge is -2.17. The number of benzene rings is 2. The van der Waals surface area contributed by atoms with Crippen molar-refractivity contribution in [2.24, 2.45) is 0 Å². The molecule has 0 spiro atoms. The highest BCUT2D eigenvalue weighted by molar-refractivity contribution is 7.89. The van der Waals surface area contributed by atoms with Crippen LogP contribution >= 0.6 is 11.6 Å². The number of carbonyl (C=O) groups is 2. The first-order valence-electron chi connectivity index (χ1n) is 9.39. The van der Waals surface area contributed by atoms with Crippen LogP contribution in [-0.4, -0.2) is 44.8 Å². The number of nitrogens with zero attached hydrogens (tertiary/aromatic N) is 1. The zero-order chi connectivity index (χ0) is 22.3. The molecule has 1 atom stereocenters. The predicted molar refractivity (Wildman–Crippen MR) is 115 cm³/mol. The smallest absolute Gasteiger partial charge is 0.321 e. The Balaban J connectivity index is 1.84. The Kier molecular flexibility index (Phi) is 8.40. The van der Waals surface area contributed by atoms with E-state index in [-0.39, 0.29) is 10.9 Å². The Morgan fingerprint density at radius 2 is 1.70 bits per heavy atom. The Morgan fingerprint density at radius 1 is 1.10 bits per heavy atom. The summed E-state index contributed by atoms with van der Waals surface area (Å²) >= 11 is 5.76. The van der Waals surface area contributed by atoms with Crippen molar-refractivity contribution in [2.75, 3.05) is 20.2 Å². The van der Waals surface area contributed by atoms with Crippen molar-refractivity contribution < 1.29 is 22.7 Å². The van der Waals surface area contributed by atoms with Gasteiger partial charge in [-0.2, -0.15) is 4.31 Å². The monoisotopic (exact) mass is 452 g/mol. The molecule has 0 aliphatic heterocycles. The summed E-state index contributed by atoms with van der Waals surface area (Å²) in [5.74, 6) is -1.30. The standard InChI is InChI=1S/C21H25ClN2O5S/c1-4-16-5-7-17(8-6-16)15(2)23-20(25)14-29-21(26)13-24(3)30(27,28)19-11-9-18(22)10-12-19/h5-12,15H,4,13-14H2,1-3H3,(H,23,25). The van der Waals surface area contributed by atoms with Gasteiger partial charge in [0.15, 0.2) is 6.61 Å². The zero-order valence-corrected chi connectivity index (χ0v) is 18.7. The van der Waals surface area contributed by atoms with E-state index in [9.17, 15) is 18.0 Å². The second-order valence-corrected chi connectivity index (χ2v) is 9.24. The van der Waals surface area contributed by atoms with E-state index < -0.39 is 35.1 Å². The Hall–Kier alpha value is -2.42. The van der Waals surface area contributed by atoms with Gasteiger partial charge in [0.05, 0.1) is 10.9 Å². The van der Waals surface area contributed by atoms with Crippen molar-refractivity contribution in [2.45, 2.75) is 31.2 Å². The number of esters is 1. The van der Waals surface area contributed by atoms with Crippen LogP contribution < -0.4 is 5.32 Å². The summed E-state index contributed by atoms with van der Waals surface area (Å²) in [5, 5.41) is 3.14. The van der Waals surface area contributed by atoms with E-state index in [2.05, 4.69) is 12.2 Å². The van der Waals surface area contributed by atoms with Crippen molar-refractivity contribution in [3.8, 4) is 0 Å². The van der Waals surface area contributed by atoms with Crippen LogP contribution in [0.2, 0.25) is 5.02 Å². The SMILES string of the molecule is CCc1ccc(C(C)NC(=O)COC(=O)CN(C)S(=O)(=O)c2ccc(Cl)cc2)cc1. The van der Waals surface area contributed by atoms with Crippen molar-refractivity contribution in [1.82, 2.24) is 9.62 Å². The minimum absolute atomic E-state index is 0.00265. The molecule has 0 bridgehead atoms. The number of halogens is 1. The number of hydrogen-bond donors (Lipinski definition) is 1. The fourth-order valence-corrected chi connectivity index (χ4v) is 3.89. The quantitative estimate of drug-likeness (QED) is 0.590. The highest BCUT2D eigenvalue weighted by Crippen LogP contribution is 2.17. The third kappa shape index (κ3) is 6.55. The normalized spacial score (nSPS) is 12.4. The molecule has 0 heterocycles. The van der Waals surface area contributed by atoms with E-state index in [1.807, 2.05) is 31.2 Å². The van der Waals surface area contributed by atoms with E-state index in [1.54, 1.807) is 0 Å². The van der Waals surface area contributed by atoms with Crippen LogP contribution in [0.1, 0.15) is 31.0 Å². The van der Waals surface area contributed by atoms with Crippen molar-refractivity contribution >= 4 is 33.5 Å². The van der Waals surface area contributed by atoms with E-state index in [0.717, 1.165) is 16.3 Å². The third-order valence-electron chi connectivity index (χ3n) is 4.50. The minimum Gasteiger partial charge on any atom is -0.455 e. The average Bonchev–Trinajstić information content (AvgIpc) is 2.72. The van der Waals surface area contributed by atoms with E-state index in [0.29, 0.717) is 5.02 Å². The van der Waals surface area contributed by atoms with Crippen LogP contribution in [0, 0.1) is 0 Å². The molecule has 2 aromatic carbocycles. The fraction of sp³-hybridized carbons (Fsp3) is 0.333. The zero-order valence-electron chi connectivity index (χ0n) is 17.1. The lowest BCUT2D eigenvalue weighted by atomic mass is 10.1. The molecule has 1 unspecified atom stereocenters. The first-order chi connectivity index (χ1) is 14.1. The third-order valence-corrected chi connectivity index (χ3v) is 6.57. The summed E-state index contributed by atoms with van der Waals surface area (Å²) in [7, 11) is -2.62. The topological polar surface area (TPSA) is 92.8 Å². The van der Waals surface area contributed by atoms with Gasteiger partial charge >= 0.3 is 5.97 Å². The molecular formula is C21H25ClN2O5S. The molecule has 1 amide bonds. The van der Waals surface area contributed by atoms with E-state index in [4.69, 9.17) is 16.3 Å². The molecule has 0 radical (unpaired) electrons. The Labute approximate surface area is 182 Å². The summed E-state index contributed by atoms with van der Waals surface area (Å²) < 4.78 is 30.7. The highest BCUT2D eigenvalue weighted by atomic mass is 35.5. The Morgan fingerprint density at radius 3 is 2.27 bits per heavy atom. The summed E-state index contributed by atoms with van der Waals surface area (Å²) in [6.45, 7) is 2.87. The van der Waals surface area contributed by atoms with Gasteiger partial charge in [0.1, 0.15) is 6.54 Å². The van der Waals surface area contributed by atoms with Crippen LogP contribution in [0.4, 0.5) is 0 Å². The van der Waals surface area contributed by atoms with Crippen molar-refractivity contribution in [1.29, 1.82) is 0 Å². The van der Waals surface area contributed by atoms with Gasteiger partial charge in [0.2, 0.25) is 10.0 Å². The number of nitrogens with one attached hydrogen (secondary N) is 1. The minimum atomic E-state index is -3.88. The largest absolute Gasteiger partial charge is 0.455 e. The molecule has 2 aromatic rings. The Bertz CT molecular complexity index is 975. The molecule has 0 aliphatic rings. The second-order valence-electron chi connectivity index (χ2n) is 6.76. The van der Waals surface area contributed by atoms with Gasteiger partial charge in [-0.1, -0.05) is 42.8 Å². The number of rotatable bonds is 9. The maximum Gasteiger partial charge on any atom is 0.321 e. The second kappa shape index (κ2) is 10.6. The van der Waals surface area contributed by atoms with Gasteiger partial charge in [-0.3, -0.25) is 9.59 Å². The number of aryl methyl sites for hydroxylation is 1. The number of sulfonamides is 1. The van der Waals surface area contributed by atoms with Crippen LogP contribution in [0.5, 0.6) is 0 Å². The predicted octanol–water partition coefficient (Wildman–Crippen LogP) is 2.94. The van der Waals surface area contributed by atoms with Crippen molar-refractivity contribution in [3.63, 3.8) is 0 Å². The number of likely N-dealkylation sites (N-methyl/N-ethyl adjacent to an activating group) is 1. The molecule has 162 valence electrons. The van der Waals surface area contributed by atoms with Crippen LogP contribution in [-0.2, 0) is 30.8 Å². The molecule has 0 fully saturated rings. The van der Waals surface area contributed by atoms with E-state index in [1.165, 1.54) is 36.9 Å².